The zero-order valence-electron chi connectivity index (χ0n) is 16.0. The fraction of sp³-hybridized carbons (Fsp3) is 0.947. The quantitative estimate of drug-likeness (QED) is 0.493. The van der Waals surface area contributed by atoms with Gasteiger partial charge in [0.2, 0.25) is 0 Å². The van der Waals surface area contributed by atoms with Gasteiger partial charge in [-0.1, -0.05) is 26.7 Å². The van der Waals surface area contributed by atoms with Crippen molar-refractivity contribution in [2.24, 2.45) is 4.99 Å². The maximum Gasteiger partial charge on any atom is 0.191 e. The van der Waals surface area contributed by atoms with Gasteiger partial charge in [0, 0.05) is 31.7 Å². The predicted octanol–water partition coefficient (Wildman–Crippen LogP) is 2.50. The highest BCUT2D eigenvalue weighted by atomic mass is 16.3. The fourth-order valence-corrected chi connectivity index (χ4v) is 3.89. The van der Waals surface area contributed by atoms with Crippen molar-refractivity contribution >= 4 is 5.96 Å². The minimum absolute atomic E-state index is 0.469. The van der Waals surface area contributed by atoms with Gasteiger partial charge in [-0.05, 0) is 45.4 Å². The van der Waals surface area contributed by atoms with Crippen LogP contribution in [-0.2, 0) is 0 Å². The molecule has 0 amide bonds. The highest BCUT2D eigenvalue weighted by molar-refractivity contribution is 5.80. The predicted molar refractivity (Wildman–Crippen MR) is 101 cm³/mol. The topological polar surface area (TPSA) is 59.9 Å². The third kappa shape index (κ3) is 5.62. The fourth-order valence-electron chi connectivity index (χ4n) is 3.89. The highest BCUT2D eigenvalue weighted by Gasteiger charge is 2.27. The van der Waals surface area contributed by atoms with E-state index in [-0.39, 0.29) is 0 Å². The number of guanidine groups is 1. The minimum Gasteiger partial charge on any atom is -0.388 e. The molecule has 5 nitrogen and oxygen atoms in total. The Hall–Kier alpha value is -0.810. The summed E-state index contributed by atoms with van der Waals surface area (Å²) in [6.07, 6.45) is 9.48. The second-order valence-corrected chi connectivity index (χ2v) is 7.52. The smallest absolute Gasteiger partial charge is 0.191 e. The van der Waals surface area contributed by atoms with Crippen LogP contribution >= 0.6 is 0 Å². The number of aliphatic imine (C=N–C) groups is 1. The van der Waals surface area contributed by atoms with E-state index in [9.17, 15) is 5.11 Å². The molecule has 1 heterocycles. The van der Waals surface area contributed by atoms with Crippen LogP contribution in [0.3, 0.4) is 0 Å². The van der Waals surface area contributed by atoms with Gasteiger partial charge in [-0.15, -0.1) is 0 Å². The van der Waals surface area contributed by atoms with Crippen LogP contribution in [0.2, 0.25) is 0 Å². The molecule has 0 spiro atoms. The lowest BCUT2D eigenvalue weighted by molar-refractivity contribution is 0.0417. The minimum atomic E-state index is -0.672. The van der Waals surface area contributed by atoms with Gasteiger partial charge in [-0.2, -0.15) is 0 Å². The number of likely N-dealkylation sites (tertiary alicyclic amines) is 1. The van der Waals surface area contributed by atoms with Crippen molar-refractivity contribution in [2.75, 3.05) is 26.2 Å². The van der Waals surface area contributed by atoms with E-state index in [2.05, 4.69) is 27.4 Å². The van der Waals surface area contributed by atoms with Crippen LogP contribution in [0.15, 0.2) is 4.99 Å². The molecule has 1 saturated carbocycles. The Bertz CT molecular complexity index is 381. The van der Waals surface area contributed by atoms with Gasteiger partial charge in [0.15, 0.2) is 5.96 Å². The standard InChI is InChI=1S/C19H38N4O/c1-4-19(24,5-2)15-21-18(20-6-3)22-16-11-13-23(14-12-16)17-9-7-8-10-17/h16-17,24H,4-15H2,1-3H3,(H2,20,21,22). The summed E-state index contributed by atoms with van der Waals surface area (Å²) in [7, 11) is 0. The van der Waals surface area contributed by atoms with Crippen LogP contribution in [0.5, 0.6) is 0 Å². The first-order chi connectivity index (χ1) is 11.6. The van der Waals surface area contributed by atoms with Crippen molar-refractivity contribution in [1.82, 2.24) is 15.5 Å². The van der Waals surface area contributed by atoms with Crippen LogP contribution in [-0.4, -0.2) is 59.8 Å². The Balaban J connectivity index is 1.82. The molecule has 2 fully saturated rings. The molecule has 1 aliphatic heterocycles. The van der Waals surface area contributed by atoms with Gasteiger partial charge in [-0.25, -0.2) is 0 Å². The molecule has 5 heteroatoms. The lowest BCUT2D eigenvalue weighted by atomic mass is 9.98. The molecule has 2 rings (SSSR count). The average Bonchev–Trinajstić information content (AvgIpc) is 3.15. The van der Waals surface area contributed by atoms with E-state index in [1.165, 1.54) is 51.6 Å². The van der Waals surface area contributed by atoms with E-state index in [1.54, 1.807) is 0 Å². The summed E-state index contributed by atoms with van der Waals surface area (Å²) in [5, 5.41) is 17.4. The summed E-state index contributed by atoms with van der Waals surface area (Å²) in [6, 6.07) is 1.34. The number of aliphatic hydroxyl groups is 1. The molecule has 0 aromatic rings. The van der Waals surface area contributed by atoms with Gasteiger partial charge in [0.1, 0.15) is 0 Å². The van der Waals surface area contributed by atoms with Crippen molar-refractivity contribution in [1.29, 1.82) is 0 Å². The summed E-state index contributed by atoms with van der Waals surface area (Å²) in [6.45, 7) is 9.87. The van der Waals surface area contributed by atoms with Crippen LogP contribution in [0.4, 0.5) is 0 Å². The molecule has 0 radical (unpaired) electrons. The van der Waals surface area contributed by atoms with Crippen molar-refractivity contribution in [3.05, 3.63) is 0 Å². The second-order valence-electron chi connectivity index (χ2n) is 7.52. The van der Waals surface area contributed by atoms with Crippen LogP contribution < -0.4 is 10.6 Å². The first-order valence-corrected chi connectivity index (χ1v) is 10.1. The third-order valence-corrected chi connectivity index (χ3v) is 5.90. The lowest BCUT2D eigenvalue weighted by Crippen LogP contribution is -2.50. The SMILES string of the molecule is CCNC(=NCC(O)(CC)CC)NC1CCN(C2CCCC2)CC1. The van der Waals surface area contributed by atoms with Gasteiger partial charge in [0.25, 0.3) is 0 Å². The van der Waals surface area contributed by atoms with Gasteiger partial charge in [0.05, 0.1) is 12.1 Å². The summed E-state index contributed by atoms with van der Waals surface area (Å²) in [5.41, 5.74) is -0.672. The van der Waals surface area contributed by atoms with Crippen LogP contribution in [0.25, 0.3) is 0 Å². The maximum absolute atomic E-state index is 10.4. The number of nitrogens with one attached hydrogen (secondary N) is 2. The molecule has 140 valence electrons. The highest BCUT2D eigenvalue weighted by Crippen LogP contribution is 2.26. The molecule has 0 atom stereocenters. The van der Waals surface area contributed by atoms with Crippen LogP contribution in [0, 0.1) is 0 Å². The normalized spacial score (nSPS) is 22.1. The Morgan fingerprint density at radius 2 is 1.71 bits per heavy atom. The van der Waals surface area contributed by atoms with Crippen molar-refractivity contribution < 1.29 is 5.11 Å². The number of piperidine rings is 1. The Morgan fingerprint density at radius 3 is 2.25 bits per heavy atom. The monoisotopic (exact) mass is 338 g/mol. The van der Waals surface area contributed by atoms with E-state index < -0.39 is 5.60 Å². The number of hydrogen-bond acceptors (Lipinski definition) is 3. The van der Waals surface area contributed by atoms with Gasteiger partial charge >= 0.3 is 0 Å². The molecule has 0 bridgehead atoms. The third-order valence-electron chi connectivity index (χ3n) is 5.90. The van der Waals surface area contributed by atoms with Crippen molar-refractivity contribution in [3.63, 3.8) is 0 Å². The largest absolute Gasteiger partial charge is 0.388 e. The molecule has 0 aromatic heterocycles. The number of nitrogens with zero attached hydrogens (tertiary/aromatic N) is 2. The molecular weight excluding hydrogens is 300 g/mol. The summed E-state index contributed by atoms with van der Waals surface area (Å²) in [5.74, 6) is 0.858. The van der Waals surface area contributed by atoms with E-state index in [4.69, 9.17) is 0 Å². The average molecular weight is 339 g/mol. The molecule has 1 aliphatic carbocycles. The van der Waals surface area contributed by atoms with Gasteiger partial charge < -0.3 is 20.6 Å². The molecule has 2 aliphatic rings. The molecule has 0 aromatic carbocycles. The summed E-state index contributed by atoms with van der Waals surface area (Å²) >= 11 is 0. The second kappa shape index (κ2) is 9.62. The zero-order valence-corrected chi connectivity index (χ0v) is 16.0. The summed E-state index contributed by atoms with van der Waals surface area (Å²) < 4.78 is 0. The van der Waals surface area contributed by atoms with E-state index in [0.29, 0.717) is 12.6 Å². The van der Waals surface area contributed by atoms with Crippen molar-refractivity contribution in [3.8, 4) is 0 Å². The molecular formula is C19H38N4O. The molecule has 1 saturated heterocycles. The van der Waals surface area contributed by atoms with E-state index in [0.717, 1.165) is 31.4 Å². The number of hydrogen-bond donors (Lipinski definition) is 3. The van der Waals surface area contributed by atoms with Crippen molar-refractivity contribution in [2.45, 2.75) is 89.8 Å². The lowest BCUT2D eigenvalue weighted by Gasteiger charge is -2.36. The summed E-state index contributed by atoms with van der Waals surface area (Å²) in [4.78, 5) is 7.35. The van der Waals surface area contributed by atoms with Gasteiger partial charge in [-0.3, -0.25) is 4.99 Å². The van der Waals surface area contributed by atoms with E-state index in [1.807, 2.05) is 13.8 Å². The molecule has 0 unspecified atom stereocenters. The Labute approximate surface area is 148 Å². The molecule has 24 heavy (non-hydrogen) atoms. The van der Waals surface area contributed by atoms with Crippen LogP contribution in [0.1, 0.15) is 72.1 Å². The maximum atomic E-state index is 10.4. The number of rotatable bonds is 7. The first-order valence-electron chi connectivity index (χ1n) is 10.1. The Kier molecular flexibility index (Phi) is 7.82. The van der Waals surface area contributed by atoms with E-state index >= 15 is 0 Å². The zero-order chi connectivity index (χ0) is 17.4. The first kappa shape index (κ1) is 19.5. The Morgan fingerprint density at radius 1 is 1.08 bits per heavy atom. The molecule has 3 N–H and O–H groups in total.